The summed E-state index contributed by atoms with van der Waals surface area (Å²) in [5.41, 5.74) is 1.91. The van der Waals surface area contributed by atoms with E-state index in [1.807, 2.05) is 91.9 Å². The number of benzene rings is 3. The molecule has 0 saturated carbocycles. The fraction of sp³-hybridized carbons (Fsp3) is 0.259. The van der Waals surface area contributed by atoms with Crippen LogP contribution in [0.5, 0.6) is 0 Å². The number of aliphatic carboxylic acids is 1. The minimum atomic E-state index is -1.51. The Morgan fingerprint density at radius 2 is 1.59 bits per heavy atom. The second kappa shape index (κ2) is 8.97. The van der Waals surface area contributed by atoms with E-state index in [0.717, 1.165) is 22.4 Å². The molecule has 3 atom stereocenters. The molecule has 0 radical (unpaired) electrons. The number of nitrogens with zero attached hydrogens (tertiary/aromatic N) is 1. The van der Waals surface area contributed by atoms with Crippen molar-refractivity contribution >= 4 is 17.6 Å². The van der Waals surface area contributed by atoms with Crippen LogP contribution in [-0.2, 0) is 20.9 Å². The van der Waals surface area contributed by atoms with Crippen molar-refractivity contribution in [1.82, 2.24) is 0 Å². The van der Waals surface area contributed by atoms with E-state index in [1.54, 1.807) is 11.8 Å². The second-order valence-electron chi connectivity index (χ2n) is 8.15. The van der Waals surface area contributed by atoms with Crippen LogP contribution in [0, 0.1) is 5.92 Å². The molecule has 0 fully saturated rings. The van der Waals surface area contributed by atoms with Gasteiger partial charge in [-0.25, -0.2) is 0 Å². The number of anilines is 1. The Morgan fingerprint density at radius 1 is 1.00 bits per heavy atom. The molecule has 164 valence electrons. The lowest BCUT2D eigenvalue weighted by Crippen LogP contribution is -2.55. The third-order valence-corrected chi connectivity index (χ3v) is 6.33. The van der Waals surface area contributed by atoms with Crippen molar-refractivity contribution in [2.45, 2.75) is 38.5 Å². The summed E-state index contributed by atoms with van der Waals surface area (Å²) in [4.78, 5) is 28.0. The van der Waals surface area contributed by atoms with Gasteiger partial charge in [-0.15, -0.1) is 0 Å². The molecule has 0 bridgehead atoms. The van der Waals surface area contributed by atoms with Gasteiger partial charge in [0.1, 0.15) is 6.10 Å². The van der Waals surface area contributed by atoms with E-state index in [2.05, 4.69) is 0 Å². The largest absolute Gasteiger partial charge is 0.481 e. The maximum absolute atomic E-state index is 14.1. The van der Waals surface area contributed by atoms with Crippen molar-refractivity contribution in [1.29, 1.82) is 0 Å². The summed E-state index contributed by atoms with van der Waals surface area (Å²) >= 11 is 0. The Balaban J connectivity index is 1.94. The minimum absolute atomic E-state index is 0.238. The number of para-hydroxylation sites is 1. The quantitative estimate of drug-likeness (QED) is 0.584. The van der Waals surface area contributed by atoms with Crippen LogP contribution in [0.4, 0.5) is 5.69 Å². The van der Waals surface area contributed by atoms with E-state index in [4.69, 9.17) is 4.74 Å². The maximum atomic E-state index is 14.1. The standard InChI is InChI=1S/C27H27NO4/c1-3-27(19(2)25(29)30)26(31)28(18-20-12-6-4-7-13-20)23-17-11-10-16-22(23)24(32-27)21-14-8-5-9-15-21/h4-17,19,24H,3,18H2,1-2H3,(H,29,30). The van der Waals surface area contributed by atoms with Gasteiger partial charge in [-0.2, -0.15) is 0 Å². The first-order valence-corrected chi connectivity index (χ1v) is 10.9. The Bertz CT molecular complexity index is 1100. The Hall–Kier alpha value is -3.44. The number of rotatable bonds is 6. The average Bonchev–Trinajstić information content (AvgIpc) is 2.94. The Kier molecular flexibility index (Phi) is 6.10. The summed E-state index contributed by atoms with van der Waals surface area (Å²) in [5, 5.41) is 9.94. The number of carbonyl (C=O) groups excluding carboxylic acids is 1. The lowest BCUT2D eigenvalue weighted by atomic mass is 9.84. The predicted molar refractivity (Wildman–Crippen MR) is 123 cm³/mol. The SMILES string of the molecule is CCC1(C(C)C(=O)O)OC(c2ccccc2)c2ccccc2N(Cc2ccccc2)C1=O. The molecule has 3 unspecified atom stereocenters. The van der Waals surface area contributed by atoms with Gasteiger partial charge in [0, 0.05) is 5.56 Å². The molecule has 1 amide bonds. The first kappa shape index (κ1) is 21.8. The van der Waals surface area contributed by atoms with E-state index in [-0.39, 0.29) is 12.3 Å². The molecule has 4 rings (SSSR count). The number of amides is 1. The van der Waals surface area contributed by atoms with Crippen molar-refractivity contribution < 1.29 is 19.4 Å². The number of carboxylic acids is 1. The summed E-state index contributed by atoms with van der Waals surface area (Å²) in [6.45, 7) is 3.70. The summed E-state index contributed by atoms with van der Waals surface area (Å²) in [7, 11) is 0. The number of ether oxygens (including phenoxy) is 1. The lowest BCUT2D eigenvalue weighted by molar-refractivity contribution is -0.173. The van der Waals surface area contributed by atoms with Gasteiger partial charge in [-0.3, -0.25) is 9.59 Å². The third-order valence-electron chi connectivity index (χ3n) is 6.33. The maximum Gasteiger partial charge on any atom is 0.309 e. The predicted octanol–water partition coefficient (Wildman–Crippen LogP) is 5.21. The number of carbonyl (C=O) groups is 2. The van der Waals surface area contributed by atoms with Gasteiger partial charge in [-0.1, -0.05) is 85.8 Å². The van der Waals surface area contributed by atoms with Crippen LogP contribution in [0.1, 0.15) is 43.1 Å². The van der Waals surface area contributed by atoms with E-state index >= 15 is 0 Å². The molecule has 0 aromatic heterocycles. The normalized spacial score (nSPS) is 21.5. The molecule has 1 N–H and O–H groups in total. The molecule has 1 heterocycles. The zero-order chi connectivity index (χ0) is 22.7. The van der Waals surface area contributed by atoms with Crippen LogP contribution in [0.25, 0.3) is 0 Å². The highest BCUT2D eigenvalue weighted by molar-refractivity contribution is 6.03. The van der Waals surface area contributed by atoms with E-state index < -0.39 is 23.6 Å². The van der Waals surface area contributed by atoms with Crippen molar-refractivity contribution in [3.05, 3.63) is 102 Å². The van der Waals surface area contributed by atoms with E-state index in [0.29, 0.717) is 6.54 Å². The lowest BCUT2D eigenvalue weighted by Gasteiger charge is -2.38. The highest BCUT2D eigenvalue weighted by atomic mass is 16.5. The van der Waals surface area contributed by atoms with Crippen molar-refractivity contribution in [2.24, 2.45) is 5.92 Å². The number of hydrogen-bond donors (Lipinski definition) is 1. The molecule has 0 aliphatic carbocycles. The fourth-order valence-corrected chi connectivity index (χ4v) is 4.44. The highest BCUT2D eigenvalue weighted by Gasteiger charge is 2.53. The summed E-state index contributed by atoms with van der Waals surface area (Å²) in [5.74, 6) is -2.42. The average molecular weight is 430 g/mol. The molecule has 1 aliphatic heterocycles. The van der Waals surface area contributed by atoms with Crippen LogP contribution < -0.4 is 4.90 Å². The van der Waals surface area contributed by atoms with Gasteiger partial charge >= 0.3 is 5.97 Å². The first-order chi connectivity index (χ1) is 15.5. The van der Waals surface area contributed by atoms with E-state index in [1.165, 1.54) is 0 Å². The molecule has 3 aromatic carbocycles. The number of fused-ring (bicyclic) bond motifs is 1. The molecule has 0 spiro atoms. The van der Waals surface area contributed by atoms with Gasteiger partial charge in [0.15, 0.2) is 5.60 Å². The van der Waals surface area contributed by atoms with Gasteiger partial charge in [0.05, 0.1) is 18.2 Å². The Morgan fingerprint density at radius 3 is 2.22 bits per heavy atom. The summed E-state index contributed by atoms with van der Waals surface area (Å²) < 4.78 is 6.59. The van der Waals surface area contributed by atoms with Gasteiger partial charge in [-0.05, 0) is 30.5 Å². The topological polar surface area (TPSA) is 66.8 Å². The highest BCUT2D eigenvalue weighted by Crippen LogP contribution is 2.45. The Labute approximate surface area is 188 Å². The molecule has 32 heavy (non-hydrogen) atoms. The van der Waals surface area contributed by atoms with Gasteiger partial charge in [0.25, 0.3) is 5.91 Å². The zero-order valence-corrected chi connectivity index (χ0v) is 18.3. The third kappa shape index (κ3) is 3.80. The fourth-order valence-electron chi connectivity index (χ4n) is 4.44. The van der Waals surface area contributed by atoms with Crippen LogP contribution in [0.2, 0.25) is 0 Å². The smallest absolute Gasteiger partial charge is 0.309 e. The first-order valence-electron chi connectivity index (χ1n) is 10.9. The second-order valence-corrected chi connectivity index (χ2v) is 8.15. The molecule has 0 saturated heterocycles. The monoisotopic (exact) mass is 429 g/mol. The number of carboxylic acid groups (broad SMARTS) is 1. The van der Waals surface area contributed by atoms with Gasteiger partial charge < -0.3 is 14.7 Å². The minimum Gasteiger partial charge on any atom is -0.481 e. The van der Waals surface area contributed by atoms with Crippen LogP contribution in [0.3, 0.4) is 0 Å². The van der Waals surface area contributed by atoms with Crippen molar-refractivity contribution in [3.63, 3.8) is 0 Å². The summed E-state index contributed by atoms with van der Waals surface area (Å²) in [6, 6.07) is 27.1. The number of hydrogen-bond acceptors (Lipinski definition) is 3. The zero-order valence-electron chi connectivity index (χ0n) is 18.3. The summed E-state index contributed by atoms with van der Waals surface area (Å²) in [6.07, 6.45) is -0.332. The molecule has 5 nitrogen and oxygen atoms in total. The molecular formula is C27H27NO4. The van der Waals surface area contributed by atoms with Gasteiger partial charge in [0.2, 0.25) is 0 Å². The molecule has 1 aliphatic rings. The molecule has 3 aromatic rings. The molecular weight excluding hydrogens is 402 g/mol. The van der Waals surface area contributed by atoms with E-state index in [9.17, 15) is 14.7 Å². The molecule has 5 heteroatoms. The van der Waals surface area contributed by atoms with Crippen molar-refractivity contribution in [2.75, 3.05) is 4.90 Å². The van der Waals surface area contributed by atoms with Crippen molar-refractivity contribution in [3.8, 4) is 0 Å². The van der Waals surface area contributed by atoms with Crippen LogP contribution in [0.15, 0.2) is 84.9 Å². The van der Waals surface area contributed by atoms with Crippen LogP contribution in [-0.4, -0.2) is 22.6 Å². The van der Waals surface area contributed by atoms with Crippen LogP contribution >= 0.6 is 0 Å².